The van der Waals surface area contributed by atoms with Crippen LogP contribution in [-0.4, -0.2) is 24.2 Å². The Morgan fingerprint density at radius 2 is 1.83 bits per heavy atom. The van der Waals surface area contributed by atoms with E-state index in [1.54, 1.807) is 0 Å². The summed E-state index contributed by atoms with van der Waals surface area (Å²) in [4.78, 5) is 15.7. The van der Waals surface area contributed by atoms with E-state index in [2.05, 4.69) is 39.1 Å². The molecule has 3 aromatic carbocycles. The van der Waals surface area contributed by atoms with Crippen LogP contribution in [0, 0.1) is 0 Å². The van der Waals surface area contributed by atoms with E-state index < -0.39 is 0 Å². The van der Waals surface area contributed by atoms with Crippen molar-refractivity contribution in [3.63, 3.8) is 0 Å². The van der Waals surface area contributed by atoms with Crippen LogP contribution in [0.5, 0.6) is 5.75 Å². The number of H-pyrrole nitrogens is 1. The molecule has 29 heavy (non-hydrogen) atoms. The lowest BCUT2D eigenvalue weighted by Crippen LogP contribution is -2.09. The van der Waals surface area contributed by atoms with Crippen LogP contribution in [0.1, 0.15) is 29.4 Å². The molecule has 0 spiro atoms. The zero-order valence-electron chi connectivity index (χ0n) is 16.2. The van der Waals surface area contributed by atoms with Gasteiger partial charge in [-0.3, -0.25) is 0 Å². The molecule has 0 fully saturated rings. The number of esters is 1. The van der Waals surface area contributed by atoms with Crippen molar-refractivity contribution < 1.29 is 14.3 Å². The topological polar surface area (TPSA) is 51.3 Å². The molecule has 4 nitrogen and oxygen atoms in total. The molecule has 5 heteroatoms. The third-order valence-electron chi connectivity index (χ3n) is 4.93. The molecule has 0 saturated carbocycles. The van der Waals surface area contributed by atoms with Crippen molar-refractivity contribution in [2.75, 3.05) is 13.2 Å². The van der Waals surface area contributed by atoms with Gasteiger partial charge in [0.05, 0.1) is 13.2 Å². The van der Waals surface area contributed by atoms with Gasteiger partial charge in [-0.1, -0.05) is 58.4 Å². The van der Waals surface area contributed by atoms with Crippen LogP contribution in [0.25, 0.3) is 21.7 Å². The zero-order valence-corrected chi connectivity index (χ0v) is 17.8. The third kappa shape index (κ3) is 4.01. The van der Waals surface area contributed by atoms with Crippen LogP contribution < -0.4 is 4.74 Å². The Morgan fingerprint density at radius 3 is 2.69 bits per heavy atom. The number of nitrogens with one attached hydrogen (secondary N) is 1. The largest absolute Gasteiger partial charge is 0.493 e. The van der Waals surface area contributed by atoms with E-state index in [0.29, 0.717) is 25.3 Å². The van der Waals surface area contributed by atoms with E-state index in [-0.39, 0.29) is 5.97 Å². The van der Waals surface area contributed by atoms with Crippen molar-refractivity contribution in [2.45, 2.75) is 19.8 Å². The van der Waals surface area contributed by atoms with Crippen LogP contribution in [-0.2, 0) is 11.2 Å². The molecule has 0 atom stereocenters. The fourth-order valence-electron chi connectivity index (χ4n) is 3.65. The van der Waals surface area contributed by atoms with Gasteiger partial charge in [0.25, 0.3) is 0 Å². The maximum atomic E-state index is 12.4. The first-order valence-corrected chi connectivity index (χ1v) is 10.5. The number of fused-ring (bicyclic) bond motifs is 2. The number of carbonyl (C=O) groups is 1. The Kier molecular flexibility index (Phi) is 5.86. The number of aromatic amines is 1. The summed E-state index contributed by atoms with van der Waals surface area (Å²) in [6.45, 7) is 2.72. The summed E-state index contributed by atoms with van der Waals surface area (Å²) >= 11 is 3.62. The van der Waals surface area contributed by atoms with E-state index in [1.165, 1.54) is 0 Å². The molecular formula is C24H22BrNO3. The highest BCUT2D eigenvalue weighted by molar-refractivity contribution is 9.10. The van der Waals surface area contributed by atoms with Crippen molar-refractivity contribution in [2.24, 2.45) is 0 Å². The SMILES string of the molecule is CCOC(=O)c1[nH]c2cccc(Br)c2c1CCCOc1cccc2ccccc12. The second-order valence-electron chi connectivity index (χ2n) is 6.79. The molecule has 0 saturated heterocycles. The number of rotatable bonds is 7. The lowest BCUT2D eigenvalue weighted by molar-refractivity contribution is 0.0519. The average Bonchev–Trinajstić information content (AvgIpc) is 3.11. The lowest BCUT2D eigenvalue weighted by atomic mass is 10.1. The molecule has 0 aliphatic rings. The number of carbonyl (C=O) groups excluding carboxylic acids is 1. The molecule has 0 aliphatic heterocycles. The maximum Gasteiger partial charge on any atom is 0.355 e. The summed E-state index contributed by atoms with van der Waals surface area (Å²) in [5.74, 6) is 0.564. The van der Waals surface area contributed by atoms with Gasteiger partial charge in [0.15, 0.2) is 0 Å². The quantitative estimate of drug-likeness (QED) is 0.266. The van der Waals surface area contributed by atoms with Crippen LogP contribution in [0.3, 0.4) is 0 Å². The normalized spacial score (nSPS) is 11.1. The summed E-state index contributed by atoms with van der Waals surface area (Å²) in [6.07, 6.45) is 1.49. The average molecular weight is 452 g/mol. The molecule has 148 valence electrons. The van der Waals surface area contributed by atoms with Gasteiger partial charge < -0.3 is 14.5 Å². The second kappa shape index (κ2) is 8.70. The van der Waals surface area contributed by atoms with Gasteiger partial charge in [-0.05, 0) is 48.9 Å². The molecule has 0 unspecified atom stereocenters. The van der Waals surface area contributed by atoms with Crippen molar-refractivity contribution in [1.29, 1.82) is 0 Å². The minimum absolute atomic E-state index is 0.319. The lowest BCUT2D eigenvalue weighted by Gasteiger charge is -2.10. The monoisotopic (exact) mass is 451 g/mol. The van der Waals surface area contributed by atoms with E-state index in [0.717, 1.165) is 43.9 Å². The summed E-state index contributed by atoms with van der Waals surface area (Å²) in [5.41, 5.74) is 2.42. The molecule has 0 amide bonds. The first-order valence-electron chi connectivity index (χ1n) is 9.75. The Morgan fingerprint density at radius 1 is 1.03 bits per heavy atom. The van der Waals surface area contributed by atoms with Gasteiger partial charge in [0, 0.05) is 20.8 Å². The van der Waals surface area contributed by atoms with E-state index in [9.17, 15) is 4.79 Å². The van der Waals surface area contributed by atoms with E-state index in [4.69, 9.17) is 9.47 Å². The number of halogens is 1. The number of benzene rings is 3. The van der Waals surface area contributed by atoms with Crippen molar-refractivity contribution in [1.82, 2.24) is 4.98 Å². The fourth-order valence-corrected chi connectivity index (χ4v) is 4.26. The molecular weight excluding hydrogens is 430 g/mol. The Bertz CT molecular complexity index is 1160. The summed E-state index contributed by atoms with van der Waals surface area (Å²) < 4.78 is 12.3. The third-order valence-corrected chi connectivity index (χ3v) is 5.60. The highest BCUT2D eigenvalue weighted by Crippen LogP contribution is 2.31. The molecule has 0 aliphatic carbocycles. The standard InChI is InChI=1S/C24H22BrNO3/c1-2-28-24(27)23-18(22-19(25)12-6-13-20(22)26-23)11-7-15-29-21-14-5-9-16-8-3-4-10-17(16)21/h3-6,8-10,12-14,26H,2,7,11,15H2,1H3. The Balaban J connectivity index is 1.53. The summed E-state index contributed by atoms with van der Waals surface area (Å²) in [7, 11) is 0. The molecule has 4 aromatic rings. The Hall–Kier alpha value is -2.79. The van der Waals surface area contributed by atoms with Crippen molar-refractivity contribution in [3.05, 3.63) is 76.4 Å². The fraction of sp³-hybridized carbons (Fsp3) is 0.208. The van der Waals surface area contributed by atoms with E-state index >= 15 is 0 Å². The smallest absolute Gasteiger partial charge is 0.355 e. The van der Waals surface area contributed by atoms with Gasteiger partial charge in [-0.25, -0.2) is 4.79 Å². The van der Waals surface area contributed by atoms with Gasteiger partial charge >= 0.3 is 5.97 Å². The first kappa shape index (κ1) is 19.5. The van der Waals surface area contributed by atoms with Crippen LogP contribution in [0.2, 0.25) is 0 Å². The second-order valence-corrected chi connectivity index (χ2v) is 7.65. The number of aryl methyl sites for hydroxylation is 1. The van der Waals surface area contributed by atoms with Crippen molar-refractivity contribution in [3.8, 4) is 5.75 Å². The number of hydrogen-bond acceptors (Lipinski definition) is 3. The van der Waals surface area contributed by atoms with Gasteiger partial charge in [0.1, 0.15) is 11.4 Å². The van der Waals surface area contributed by atoms with Crippen molar-refractivity contribution >= 4 is 43.6 Å². The minimum Gasteiger partial charge on any atom is -0.493 e. The number of ether oxygens (including phenoxy) is 2. The van der Waals surface area contributed by atoms with E-state index in [1.807, 2.05) is 49.4 Å². The predicted molar refractivity (Wildman–Crippen MR) is 120 cm³/mol. The summed E-state index contributed by atoms with van der Waals surface area (Å²) in [5, 5.41) is 3.30. The number of aromatic nitrogens is 1. The van der Waals surface area contributed by atoms with Crippen LogP contribution in [0.4, 0.5) is 0 Å². The van der Waals surface area contributed by atoms with Gasteiger partial charge in [-0.2, -0.15) is 0 Å². The molecule has 0 radical (unpaired) electrons. The molecule has 1 N–H and O–H groups in total. The molecule has 1 heterocycles. The Labute approximate surface area is 178 Å². The first-order chi connectivity index (χ1) is 14.2. The number of hydrogen-bond donors (Lipinski definition) is 1. The maximum absolute atomic E-state index is 12.4. The van der Waals surface area contributed by atoms with Gasteiger partial charge in [-0.15, -0.1) is 0 Å². The zero-order chi connectivity index (χ0) is 20.2. The highest BCUT2D eigenvalue weighted by atomic mass is 79.9. The predicted octanol–water partition coefficient (Wildman–Crippen LogP) is 6.27. The molecule has 4 rings (SSSR count). The molecule has 0 bridgehead atoms. The summed E-state index contributed by atoms with van der Waals surface area (Å²) in [6, 6.07) is 20.2. The highest BCUT2D eigenvalue weighted by Gasteiger charge is 2.20. The molecule has 1 aromatic heterocycles. The van der Waals surface area contributed by atoms with Gasteiger partial charge in [0.2, 0.25) is 0 Å². The van der Waals surface area contributed by atoms with Crippen LogP contribution in [0.15, 0.2) is 65.1 Å². The van der Waals surface area contributed by atoms with Crippen LogP contribution >= 0.6 is 15.9 Å². The minimum atomic E-state index is -0.319.